The average Bonchev–Trinajstić information content (AvgIpc) is 2.37. The monoisotopic (exact) mass is 272 g/mol. The van der Waals surface area contributed by atoms with Crippen molar-refractivity contribution in [2.75, 3.05) is 6.73 Å². The average molecular weight is 272 g/mol. The van der Waals surface area contributed by atoms with Crippen LogP contribution < -0.4 is 5.32 Å². The van der Waals surface area contributed by atoms with E-state index in [1.54, 1.807) is 0 Å². The summed E-state index contributed by atoms with van der Waals surface area (Å²) in [5.41, 5.74) is -1.24. The van der Waals surface area contributed by atoms with Gasteiger partial charge in [-0.05, 0) is 54.9 Å². The van der Waals surface area contributed by atoms with Crippen LogP contribution in [0.5, 0.6) is 0 Å². The molecule has 0 bridgehead atoms. The van der Waals surface area contributed by atoms with Crippen LogP contribution >= 0.6 is 0 Å². The number of rotatable bonds is 3. The van der Waals surface area contributed by atoms with Crippen molar-refractivity contribution in [1.82, 2.24) is 10.4 Å². The van der Waals surface area contributed by atoms with E-state index in [1.807, 2.05) is 48.5 Å². The van der Waals surface area contributed by atoms with Crippen LogP contribution in [0.1, 0.15) is 54.9 Å². The molecule has 1 amide bonds. The Hall–Kier alpha value is -0.650. The van der Waals surface area contributed by atoms with Crippen LogP contribution in [-0.4, -0.2) is 39.6 Å². The first-order chi connectivity index (χ1) is 8.38. The molecule has 0 aliphatic carbocycles. The molecular weight excluding hydrogens is 244 g/mol. The van der Waals surface area contributed by atoms with Gasteiger partial charge in [-0.1, -0.05) is 0 Å². The Morgan fingerprint density at radius 3 is 2.26 bits per heavy atom. The third kappa shape index (κ3) is 3.68. The number of carbonyl (C=O) groups excluding carboxylic acids is 1. The molecule has 0 saturated carbocycles. The molecule has 2 N–H and O–H groups in total. The van der Waals surface area contributed by atoms with Crippen molar-refractivity contribution in [3.63, 3.8) is 0 Å². The zero-order chi connectivity index (χ0) is 15.1. The van der Waals surface area contributed by atoms with E-state index < -0.39 is 11.1 Å². The van der Waals surface area contributed by atoms with Gasteiger partial charge in [-0.2, -0.15) is 5.06 Å². The smallest absolute Gasteiger partial charge is 0.226 e. The maximum atomic E-state index is 12.3. The van der Waals surface area contributed by atoms with E-state index in [-0.39, 0.29) is 24.2 Å². The Bertz CT molecular complexity index is 345. The molecule has 5 heteroatoms. The maximum absolute atomic E-state index is 12.3. The predicted octanol–water partition coefficient (Wildman–Crippen LogP) is 2.14. The number of amides is 1. The fraction of sp³-hybridized carbons (Fsp3) is 0.929. The lowest BCUT2D eigenvalue weighted by Gasteiger charge is -2.35. The standard InChI is InChI=1S/C14H28N2O3/c1-12(2,3)19-9-15-11(17)10-8-13(4,5)16(18)14(10,6)7/h10,18H,8-9H2,1-7H3,(H,15,17). The quantitative estimate of drug-likeness (QED) is 0.773. The van der Waals surface area contributed by atoms with E-state index in [4.69, 9.17) is 4.74 Å². The summed E-state index contributed by atoms with van der Waals surface area (Å²) in [5.74, 6) is -0.324. The van der Waals surface area contributed by atoms with E-state index in [1.165, 1.54) is 5.06 Å². The molecule has 1 atom stereocenters. The predicted molar refractivity (Wildman–Crippen MR) is 73.7 cm³/mol. The van der Waals surface area contributed by atoms with Gasteiger partial charge in [-0.3, -0.25) is 4.79 Å². The summed E-state index contributed by atoms with van der Waals surface area (Å²) in [6, 6.07) is 0. The van der Waals surface area contributed by atoms with Crippen LogP contribution in [0.15, 0.2) is 0 Å². The molecular formula is C14H28N2O3. The summed E-state index contributed by atoms with van der Waals surface area (Å²) < 4.78 is 5.50. The molecule has 0 radical (unpaired) electrons. The second-order valence-corrected chi connectivity index (χ2v) is 7.48. The molecule has 1 aliphatic rings. The lowest BCUT2D eigenvalue weighted by atomic mass is 9.86. The third-order valence-corrected chi connectivity index (χ3v) is 3.74. The van der Waals surface area contributed by atoms with Gasteiger partial charge in [-0.15, -0.1) is 0 Å². The Morgan fingerprint density at radius 1 is 1.37 bits per heavy atom. The minimum atomic E-state index is -0.574. The highest BCUT2D eigenvalue weighted by molar-refractivity contribution is 5.80. The van der Waals surface area contributed by atoms with Crippen molar-refractivity contribution in [2.45, 2.75) is 71.6 Å². The van der Waals surface area contributed by atoms with Crippen molar-refractivity contribution in [3.05, 3.63) is 0 Å². The molecule has 112 valence electrons. The molecule has 1 saturated heterocycles. The summed E-state index contributed by atoms with van der Waals surface area (Å²) in [6.07, 6.45) is 0.623. The van der Waals surface area contributed by atoms with Gasteiger partial charge in [0.25, 0.3) is 0 Å². The summed E-state index contributed by atoms with van der Waals surface area (Å²) in [5, 5.41) is 14.3. The lowest BCUT2D eigenvalue weighted by molar-refractivity contribution is -0.197. The number of hydrogen-bond acceptors (Lipinski definition) is 4. The third-order valence-electron chi connectivity index (χ3n) is 3.74. The lowest BCUT2D eigenvalue weighted by Crippen LogP contribution is -2.50. The van der Waals surface area contributed by atoms with E-state index in [9.17, 15) is 10.0 Å². The van der Waals surface area contributed by atoms with Gasteiger partial charge in [0, 0.05) is 5.54 Å². The van der Waals surface area contributed by atoms with Crippen molar-refractivity contribution < 1.29 is 14.7 Å². The SMILES string of the molecule is CC(C)(C)OCNC(=O)C1CC(C)(C)N(O)C1(C)C. The molecule has 1 unspecified atom stereocenters. The fourth-order valence-corrected chi connectivity index (χ4v) is 2.62. The second kappa shape index (κ2) is 5.04. The topological polar surface area (TPSA) is 61.8 Å². The Labute approximate surface area is 116 Å². The first-order valence-electron chi connectivity index (χ1n) is 6.79. The van der Waals surface area contributed by atoms with Crippen molar-refractivity contribution >= 4 is 5.91 Å². The first-order valence-corrected chi connectivity index (χ1v) is 6.79. The molecule has 1 heterocycles. The number of carbonyl (C=O) groups is 1. The molecule has 5 nitrogen and oxygen atoms in total. The number of ether oxygens (including phenoxy) is 1. The number of hydroxylamine groups is 2. The summed E-state index contributed by atoms with van der Waals surface area (Å²) in [6.45, 7) is 13.7. The van der Waals surface area contributed by atoms with Gasteiger partial charge in [0.1, 0.15) is 6.73 Å². The molecule has 1 fully saturated rings. The maximum Gasteiger partial charge on any atom is 0.226 e. The minimum absolute atomic E-state index is 0.0705. The van der Waals surface area contributed by atoms with Crippen LogP contribution in [0.2, 0.25) is 0 Å². The van der Waals surface area contributed by atoms with Gasteiger partial charge >= 0.3 is 0 Å². The van der Waals surface area contributed by atoms with Crippen molar-refractivity contribution in [3.8, 4) is 0 Å². The van der Waals surface area contributed by atoms with Crippen LogP contribution in [-0.2, 0) is 9.53 Å². The molecule has 0 aromatic carbocycles. The number of nitrogens with one attached hydrogen (secondary N) is 1. The van der Waals surface area contributed by atoms with E-state index >= 15 is 0 Å². The molecule has 1 rings (SSSR count). The molecule has 1 aliphatic heterocycles. The van der Waals surface area contributed by atoms with E-state index in [0.29, 0.717) is 6.42 Å². The van der Waals surface area contributed by atoms with Gasteiger partial charge in [-0.25, -0.2) is 0 Å². The van der Waals surface area contributed by atoms with E-state index in [2.05, 4.69) is 5.32 Å². The normalized spacial score (nSPS) is 26.4. The number of hydrogen-bond donors (Lipinski definition) is 2. The van der Waals surface area contributed by atoms with Crippen LogP contribution in [0, 0.1) is 5.92 Å². The highest BCUT2D eigenvalue weighted by Gasteiger charge is 2.54. The highest BCUT2D eigenvalue weighted by atomic mass is 16.5. The zero-order valence-electron chi connectivity index (χ0n) is 13.2. The summed E-state index contributed by atoms with van der Waals surface area (Å²) >= 11 is 0. The van der Waals surface area contributed by atoms with Crippen LogP contribution in [0.3, 0.4) is 0 Å². The zero-order valence-corrected chi connectivity index (χ0v) is 13.2. The summed E-state index contributed by atoms with van der Waals surface area (Å²) in [4.78, 5) is 12.3. The van der Waals surface area contributed by atoms with Crippen molar-refractivity contribution in [1.29, 1.82) is 0 Å². The minimum Gasteiger partial charge on any atom is -0.356 e. The first kappa shape index (κ1) is 16.4. The number of nitrogens with zero attached hydrogens (tertiary/aromatic N) is 1. The van der Waals surface area contributed by atoms with Gasteiger partial charge < -0.3 is 15.3 Å². The second-order valence-electron chi connectivity index (χ2n) is 7.48. The summed E-state index contributed by atoms with van der Waals surface area (Å²) in [7, 11) is 0. The molecule has 0 aromatic heterocycles. The Morgan fingerprint density at radius 2 is 1.89 bits per heavy atom. The Kier molecular flexibility index (Phi) is 4.35. The van der Waals surface area contributed by atoms with Crippen LogP contribution in [0.25, 0.3) is 0 Å². The van der Waals surface area contributed by atoms with E-state index in [0.717, 1.165) is 0 Å². The van der Waals surface area contributed by atoms with Crippen molar-refractivity contribution in [2.24, 2.45) is 5.92 Å². The highest BCUT2D eigenvalue weighted by Crippen LogP contribution is 2.43. The molecule has 19 heavy (non-hydrogen) atoms. The Balaban J connectivity index is 2.63. The molecule has 0 spiro atoms. The van der Waals surface area contributed by atoms with Crippen LogP contribution in [0.4, 0.5) is 0 Å². The fourth-order valence-electron chi connectivity index (χ4n) is 2.62. The van der Waals surface area contributed by atoms with Gasteiger partial charge in [0.05, 0.1) is 17.1 Å². The molecule has 0 aromatic rings. The largest absolute Gasteiger partial charge is 0.356 e. The van der Waals surface area contributed by atoms with Gasteiger partial charge in [0.15, 0.2) is 0 Å². The van der Waals surface area contributed by atoms with Gasteiger partial charge in [0.2, 0.25) is 5.91 Å².